The molecule has 1 aromatic carbocycles. The lowest BCUT2D eigenvalue weighted by Crippen LogP contribution is -2.57. The van der Waals surface area contributed by atoms with Crippen molar-refractivity contribution >= 4 is 17.7 Å². The topological polar surface area (TPSA) is 69.7 Å². The number of fused-ring (bicyclic) bond motifs is 1. The lowest BCUT2D eigenvalue weighted by molar-refractivity contribution is -0.140. The van der Waals surface area contributed by atoms with Gasteiger partial charge in [0.05, 0.1) is 0 Å². The van der Waals surface area contributed by atoms with Crippen LogP contribution >= 0.6 is 0 Å². The molecule has 128 valence electrons. The molecule has 3 atom stereocenters. The molecule has 0 spiro atoms. The Labute approximate surface area is 141 Å². The number of nitrogens with one attached hydrogen (secondary N) is 1. The Morgan fingerprint density at radius 2 is 1.75 bits per heavy atom. The standard InChI is InChI=1S/C18H23N3O3/c1-11-7-6-8-12(2)21(11)19-16(22)15-13-9-4-5-10-14(13)17(23)20(3)18(15)24/h4-5,9-12,15H,6-8H2,1-3H3,(H,19,22). The van der Waals surface area contributed by atoms with Gasteiger partial charge in [0.25, 0.3) is 11.8 Å². The van der Waals surface area contributed by atoms with E-state index in [4.69, 9.17) is 0 Å². The third-order valence-corrected chi connectivity index (χ3v) is 5.08. The summed E-state index contributed by atoms with van der Waals surface area (Å²) in [7, 11) is 1.42. The van der Waals surface area contributed by atoms with Crippen LogP contribution in [0.25, 0.3) is 0 Å². The quantitative estimate of drug-likeness (QED) is 0.662. The maximum Gasteiger partial charge on any atom is 0.260 e. The highest BCUT2D eigenvalue weighted by atomic mass is 16.2. The summed E-state index contributed by atoms with van der Waals surface area (Å²) in [6.45, 7) is 4.14. The van der Waals surface area contributed by atoms with Gasteiger partial charge in [0.1, 0.15) is 5.92 Å². The molecule has 0 bridgehead atoms. The fourth-order valence-corrected chi connectivity index (χ4v) is 3.64. The zero-order chi connectivity index (χ0) is 17.4. The number of imide groups is 1. The average molecular weight is 329 g/mol. The van der Waals surface area contributed by atoms with Gasteiger partial charge in [0.15, 0.2) is 0 Å². The Morgan fingerprint density at radius 3 is 2.42 bits per heavy atom. The van der Waals surface area contributed by atoms with Gasteiger partial charge in [-0.1, -0.05) is 24.6 Å². The summed E-state index contributed by atoms with van der Waals surface area (Å²) in [6, 6.07) is 7.29. The first-order valence-corrected chi connectivity index (χ1v) is 8.41. The minimum atomic E-state index is -0.981. The number of carbonyl (C=O) groups excluding carboxylic acids is 3. The van der Waals surface area contributed by atoms with E-state index in [-0.39, 0.29) is 23.9 Å². The van der Waals surface area contributed by atoms with E-state index >= 15 is 0 Å². The number of rotatable bonds is 2. The minimum absolute atomic E-state index is 0.228. The summed E-state index contributed by atoms with van der Waals surface area (Å²) >= 11 is 0. The van der Waals surface area contributed by atoms with Gasteiger partial charge < -0.3 is 0 Å². The molecular weight excluding hydrogens is 306 g/mol. The van der Waals surface area contributed by atoms with Crippen LogP contribution in [0.1, 0.15) is 54.9 Å². The van der Waals surface area contributed by atoms with Crippen molar-refractivity contribution in [3.05, 3.63) is 35.4 Å². The molecule has 1 fully saturated rings. The second kappa shape index (κ2) is 6.36. The van der Waals surface area contributed by atoms with Crippen LogP contribution in [0.5, 0.6) is 0 Å². The van der Waals surface area contributed by atoms with Crippen LogP contribution in [0.3, 0.4) is 0 Å². The molecule has 2 aliphatic heterocycles. The van der Waals surface area contributed by atoms with Gasteiger partial charge in [-0.05, 0) is 38.3 Å². The highest BCUT2D eigenvalue weighted by Gasteiger charge is 2.42. The number of hydrogen-bond acceptors (Lipinski definition) is 4. The Kier molecular flexibility index (Phi) is 4.41. The van der Waals surface area contributed by atoms with Gasteiger partial charge in [-0.3, -0.25) is 24.7 Å². The van der Waals surface area contributed by atoms with Crippen LogP contribution in [0.4, 0.5) is 0 Å². The van der Waals surface area contributed by atoms with Crippen LogP contribution in [-0.2, 0) is 9.59 Å². The number of benzene rings is 1. The third-order valence-electron chi connectivity index (χ3n) is 5.08. The van der Waals surface area contributed by atoms with Crippen molar-refractivity contribution in [2.45, 2.75) is 51.1 Å². The molecule has 3 rings (SSSR count). The molecule has 2 aliphatic rings. The van der Waals surface area contributed by atoms with Crippen molar-refractivity contribution < 1.29 is 14.4 Å². The van der Waals surface area contributed by atoms with Crippen molar-refractivity contribution in [2.75, 3.05) is 7.05 Å². The number of nitrogens with zero attached hydrogens (tertiary/aromatic N) is 2. The predicted octanol–water partition coefficient (Wildman–Crippen LogP) is 1.68. The highest BCUT2D eigenvalue weighted by Crippen LogP contribution is 2.29. The average Bonchev–Trinajstić information content (AvgIpc) is 2.56. The van der Waals surface area contributed by atoms with Crippen LogP contribution in [-0.4, -0.2) is 46.8 Å². The fourth-order valence-electron chi connectivity index (χ4n) is 3.64. The van der Waals surface area contributed by atoms with E-state index in [2.05, 4.69) is 19.3 Å². The van der Waals surface area contributed by atoms with Crippen LogP contribution in [0.2, 0.25) is 0 Å². The number of likely N-dealkylation sites (N-methyl/N-ethyl adjacent to an activating group) is 1. The molecule has 1 aromatic rings. The number of hydrazine groups is 1. The van der Waals surface area contributed by atoms with E-state index in [1.807, 2.05) is 5.01 Å². The zero-order valence-electron chi connectivity index (χ0n) is 14.3. The van der Waals surface area contributed by atoms with E-state index in [1.165, 1.54) is 7.05 Å². The number of carbonyl (C=O) groups is 3. The van der Waals surface area contributed by atoms with E-state index in [1.54, 1.807) is 24.3 Å². The summed E-state index contributed by atoms with van der Waals surface area (Å²) in [5.41, 5.74) is 3.83. The molecule has 3 unspecified atom stereocenters. The molecule has 0 aliphatic carbocycles. The molecule has 0 radical (unpaired) electrons. The summed E-state index contributed by atoms with van der Waals surface area (Å²) in [5, 5.41) is 1.94. The molecule has 6 heteroatoms. The van der Waals surface area contributed by atoms with E-state index in [0.717, 1.165) is 24.2 Å². The van der Waals surface area contributed by atoms with E-state index in [0.29, 0.717) is 11.1 Å². The summed E-state index contributed by atoms with van der Waals surface area (Å²) in [6.07, 6.45) is 3.16. The van der Waals surface area contributed by atoms with Crippen molar-refractivity contribution in [3.63, 3.8) is 0 Å². The monoisotopic (exact) mass is 329 g/mol. The summed E-state index contributed by atoms with van der Waals surface area (Å²) in [5.74, 6) is -2.19. The van der Waals surface area contributed by atoms with Crippen molar-refractivity contribution in [3.8, 4) is 0 Å². The van der Waals surface area contributed by atoms with E-state index < -0.39 is 11.8 Å². The zero-order valence-corrected chi connectivity index (χ0v) is 14.3. The molecule has 24 heavy (non-hydrogen) atoms. The maximum atomic E-state index is 12.9. The number of piperidine rings is 1. The molecule has 1 saturated heterocycles. The minimum Gasteiger partial charge on any atom is -0.287 e. The normalized spacial score (nSPS) is 27.8. The first-order chi connectivity index (χ1) is 11.4. The first kappa shape index (κ1) is 16.6. The van der Waals surface area contributed by atoms with Crippen LogP contribution in [0, 0.1) is 0 Å². The third kappa shape index (κ3) is 2.71. The molecule has 6 nitrogen and oxygen atoms in total. The number of amides is 3. The molecule has 0 aromatic heterocycles. The first-order valence-electron chi connectivity index (χ1n) is 8.41. The second-order valence-corrected chi connectivity index (χ2v) is 6.73. The van der Waals surface area contributed by atoms with Gasteiger partial charge in [-0.2, -0.15) is 0 Å². The van der Waals surface area contributed by atoms with Crippen molar-refractivity contribution in [2.24, 2.45) is 0 Å². The summed E-state index contributed by atoms with van der Waals surface area (Å²) in [4.78, 5) is 38.7. The predicted molar refractivity (Wildman–Crippen MR) is 89.0 cm³/mol. The van der Waals surface area contributed by atoms with Gasteiger partial charge in [0, 0.05) is 24.7 Å². The molecule has 0 saturated carbocycles. The Bertz CT molecular complexity index is 678. The SMILES string of the molecule is CC1CCCC(C)N1NC(=O)C1C(=O)N(C)C(=O)c2ccccc21. The largest absolute Gasteiger partial charge is 0.287 e. The van der Waals surface area contributed by atoms with Crippen molar-refractivity contribution in [1.82, 2.24) is 15.3 Å². The Balaban J connectivity index is 1.90. The molecular formula is C18H23N3O3. The Hall–Kier alpha value is -2.21. The number of hydrogen-bond donors (Lipinski definition) is 1. The second-order valence-electron chi connectivity index (χ2n) is 6.73. The molecule has 3 amide bonds. The van der Waals surface area contributed by atoms with Crippen molar-refractivity contribution in [1.29, 1.82) is 0 Å². The molecule has 1 N–H and O–H groups in total. The lowest BCUT2D eigenvalue weighted by Gasteiger charge is -2.40. The van der Waals surface area contributed by atoms with Gasteiger partial charge in [-0.15, -0.1) is 0 Å². The van der Waals surface area contributed by atoms with Crippen LogP contribution < -0.4 is 5.43 Å². The van der Waals surface area contributed by atoms with Gasteiger partial charge >= 0.3 is 0 Å². The lowest BCUT2D eigenvalue weighted by atomic mass is 9.88. The highest BCUT2D eigenvalue weighted by molar-refractivity contribution is 6.18. The maximum absolute atomic E-state index is 12.9. The molecule has 2 heterocycles. The smallest absolute Gasteiger partial charge is 0.260 e. The van der Waals surface area contributed by atoms with Gasteiger partial charge in [-0.25, -0.2) is 5.01 Å². The fraction of sp³-hybridized carbons (Fsp3) is 0.500. The van der Waals surface area contributed by atoms with Gasteiger partial charge in [0.2, 0.25) is 5.91 Å². The van der Waals surface area contributed by atoms with E-state index in [9.17, 15) is 14.4 Å². The van der Waals surface area contributed by atoms with Crippen LogP contribution in [0.15, 0.2) is 24.3 Å². The Morgan fingerprint density at radius 1 is 1.12 bits per heavy atom. The summed E-state index contributed by atoms with van der Waals surface area (Å²) < 4.78 is 0.